The van der Waals surface area contributed by atoms with Crippen molar-refractivity contribution in [3.63, 3.8) is 0 Å². The zero-order chi connectivity index (χ0) is 17.0. The number of sulfone groups is 1. The van der Waals surface area contributed by atoms with E-state index in [0.29, 0.717) is 35.6 Å². The van der Waals surface area contributed by atoms with Gasteiger partial charge in [0.15, 0.2) is 9.84 Å². The first-order valence-corrected chi connectivity index (χ1v) is 9.91. The zero-order valence-electron chi connectivity index (χ0n) is 12.7. The largest absolute Gasteiger partial charge is 0.461 e. The third kappa shape index (κ3) is 3.99. The van der Waals surface area contributed by atoms with Crippen LogP contribution in [0.15, 0.2) is 17.0 Å². The molecule has 0 fully saturated rings. The molecule has 0 aromatic heterocycles. The molecule has 23 heavy (non-hydrogen) atoms. The van der Waals surface area contributed by atoms with E-state index in [4.69, 9.17) is 32.7 Å². The molecule has 2 rings (SSSR count). The van der Waals surface area contributed by atoms with Crippen molar-refractivity contribution in [2.75, 3.05) is 30.7 Å². The molecule has 0 saturated heterocycles. The van der Waals surface area contributed by atoms with Crippen molar-refractivity contribution >= 4 is 39.0 Å². The van der Waals surface area contributed by atoms with E-state index in [-0.39, 0.29) is 23.1 Å². The van der Waals surface area contributed by atoms with Gasteiger partial charge in [-0.3, -0.25) is 0 Å². The van der Waals surface area contributed by atoms with Gasteiger partial charge in [0, 0.05) is 11.4 Å². The lowest BCUT2D eigenvalue weighted by Crippen LogP contribution is -2.24. The van der Waals surface area contributed by atoms with Gasteiger partial charge < -0.3 is 9.47 Å². The smallest absolute Gasteiger partial charge is 0.338 e. The monoisotopic (exact) mass is 380 g/mol. The summed E-state index contributed by atoms with van der Waals surface area (Å²) < 4.78 is 35.3. The Bertz CT molecular complexity index is 687. The van der Waals surface area contributed by atoms with Crippen molar-refractivity contribution in [2.24, 2.45) is 0 Å². The van der Waals surface area contributed by atoms with E-state index < -0.39 is 21.9 Å². The van der Waals surface area contributed by atoms with E-state index in [1.165, 1.54) is 12.1 Å². The number of carbonyl (C=O) groups is 1. The van der Waals surface area contributed by atoms with E-state index in [2.05, 4.69) is 0 Å². The van der Waals surface area contributed by atoms with Gasteiger partial charge in [-0.2, -0.15) is 0 Å². The first-order valence-electron chi connectivity index (χ1n) is 7.19. The predicted molar refractivity (Wildman–Crippen MR) is 88.3 cm³/mol. The maximum absolute atomic E-state index is 12.3. The maximum Gasteiger partial charge on any atom is 0.338 e. The van der Waals surface area contributed by atoms with Crippen molar-refractivity contribution in [1.29, 1.82) is 0 Å². The van der Waals surface area contributed by atoms with Crippen LogP contribution in [0.3, 0.4) is 0 Å². The van der Waals surface area contributed by atoms with E-state index in [1.54, 1.807) is 6.92 Å². The minimum Gasteiger partial charge on any atom is -0.461 e. The summed E-state index contributed by atoms with van der Waals surface area (Å²) in [4.78, 5) is 12.3. The molecule has 0 aliphatic carbocycles. The number of halogens is 2. The van der Waals surface area contributed by atoms with Gasteiger partial charge in [0.1, 0.15) is 6.61 Å². The Morgan fingerprint density at radius 1 is 1.26 bits per heavy atom. The molecule has 128 valence electrons. The lowest BCUT2D eigenvalue weighted by atomic mass is 9.96. The molecule has 0 radical (unpaired) electrons. The van der Waals surface area contributed by atoms with Crippen LogP contribution >= 0.6 is 23.2 Å². The highest BCUT2D eigenvalue weighted by Gasteiger charge is 2.33. The SMILES string of the molecule is Cc1c(C(=O)OCCCl)ccc2c1C(OCCCl)CCS2(=O)=O. The molecule has 0 spiro atoms. The predicted octanol–water partition coefficient (Wildman–Crippen LogP) is 2.86. The fraction of sp³-hybridized carbons (Fsp3) is 0.533. The Balaban J connectivity index is 2.47. The molecular weight excluding hydrogens is 363 g/mol. The molecule has 0 amide bonds. The molecule has 1 heterocycles. The number of hydrogen-bond acceptors (Lipinski definition) is 5. The minimum atomic E-state index is -3.37. The van der Waals surface area contributed by atoms with Crippen LogP contribution in [0.2, 0.25) is 0 Å². The van der Waals surface area contributed by atoms with Gasteiger partial charge >= 0.3 is 5.97 Å². The first kappa shape index (κ1) is 18.5. The molecule has 1 aromatic rings. The summed E-state index contributed by atoms with van der Waals surface area (Å²) >= 11 is 11.2. The summed E-state index contributed by atoms with van der Waals surface area (Å²) in [6, 6.07) is 2.93. The number of rotatable bonds is 6. The number of alkyl halides is 2. The highest BCUT2D eigenvalue weighted by Crippen LogP contribution is 2.38. The Morgan fingerprint density at radius 2 is 1.96 bits per heavy atom. The molecular formula is C15H18Cl2O5S. The van der Waals surface area contributed by atoms with Crippen LogP contribution in [0.5, 0.6) is 0 Å². The summed E-state index contributed by atoms with van der Waals surface area (Å²) in [5.41, 5.74) is 1.41. The number of hydrogen-bond donors (Lipinski definition) is 0. The molecule has 1 aliphatic heterocycles. The van der Waals surface area contributed by atoms with Crippen LogP contribution in [0.4, 0.5) is 0 Å². The third-order valence-electron chi connectivity index (χ3n) is 3.71. The van der Waals surface area contributed by atoms with Crippen LogP contribution in [0.25, 0.3) is 0 Å². The number of fused-ring (bicyclic) bond motifs is 1. The van der Waals surface area contributed by atoms with Gasteiger partial charge in [-0.25, -0.2) is 13.2 Å². The molecule has 0 bridgehead atoms. The van der Waals surface area contributed by atoms with Crippen LogP contribution in [-0.4, -0.2) is 45.1 Å². The molecule has 1 aliphatic rings. The molecule has 5 nitrogen and oxygen atoms in total. The molecule has 8 heteroatoms. The van der Waals surface area contributed by atoms with Crippen molar-refractivity contribution < 1.29 is 22.7 Å². The summed E-state index contributed by atoms with van der Waals surface area (Å²) in [7, 11) is -3.37. The van der Waals surface area contributed by atoms with Gasteiger partial charge in [-0.05, 0) is 31.0 Å². The molecule has 1 atom stereocenters. The fourth-order valence-electron chi connectivity index (χ4n) is 2.68. The lowest BCUT2D eigenvalue weighted by Gasteiger charge is -2.28. The molecule has 1 unspecified atom stereocenters. The highest BCUT2D eigenvalue weighted by molar-refractivity contribution is 7.91. The van der Waals surface area contributed by atoms with Crippen LogP contribution in [0.1, 0.15) is 34.0 Å². The second kappa shape index (κ2) is 7.83. The zero-order valence-corrected chi connectivity index (χ0v) is 15.0. The van der Waals surface area contributed by atoms with Crippen LogP contribution < -0.4 is 0 Å². The van der Waals surface area contributed by atoms with Gasteiger partial charge in [-0.15, -0.1) is 23.2 Å². The summed E-state index contributed by atoms with van der Waals surface area (Å²) in [6.07, 6.45) is -0.0548. The molecule has 0 saturated carbocycles. The van der Waals surface area contributed by atoms with Gasteiger partial charge in [0.2, 0.25) is 0 Å². The summed E-state index contributed by atoms with van der Waals surface area (Å²) in [5, 5.41) is 0. The minimum absolute atomic E-state index is 0.0163. The van der Waals surface area contributed by atoms with Crippen molar-refractivity contribution in [3.8, 4) is 0 Å². The average Bonchev–Trinajstić information content (AvgIpc) is 2.52. The standard InChI is InChI=1S/C15H18Cl2O5S/c1-10-11(15(18)22-8-6-17)2-3-13-14(10)12(21-7-5-16)4-9-23(13,19)20/h2-3,12H,4-9H2,1H3. The number of ether oxygens (including phenoxy) is 2. The van der Waals surface area contributed by atoms with Gasteiger partial charge in [0.05, 0.1) is 34.8 Å². The van der Waals surface area contributed by atoms with Gasteiger partial charge in [0.25, 0.3) is 0 Å². The Morgan fingerprint density at radius 3 is 2.61 bits per heavy atom. The summed E-state index contributed by atoms with van der Waals surface area (Å²) in [5.74, 6) is 0.00770. The number of benzene rings is 1. The van der Waals surface area contributed by atoms with Gasteiger partial charge in [-0.1, -0.05) is 0 Å². The number of esters is 1. The van der Waals surface area contributed by atoms with Crippen LogP contribution in [0, 0.1) is 6.92 Å². The van der Waals surface area contributed by atoms with Crippen molar-refractivity contribution in [3.05, 3.63) is 28.8 Å². The lowest BCUT2D eigenvalue weighted by molar-refractivity contribution is 0.0518. The van der Waals surface area contributed by atoms with Crippen LogP contribution in [-0.2, 0) is 19.3 Å². The third-order valence-corrected chi connectivity index (χ3v) is 5.81. The normalized spacial score (nSPS) is 19.2. The first-order chi connectivity index (χ1) is 10.9. The van der Waals surface area contributed by atoms with Crippen molar-refractivity contribution in [2.45, 2.75) is 24.3 Å². The van der Waals surface area contributed by atoms with E-state index in [0.717, 1.165) is 0 Å². The Kier molecular flexibility index (Phi) is 6.31. The summed E-state index contributed by atoms with van der Waals surface area (Å²) in [6.45, 7) is 2.11. The average molecular weight is 381 g/mol. The Hall–Kier alpha value is -0.820. The topological polar surface area (TPSA) is 69.7 Å². The molecule has 0 N–H and O–H groups in total. The second-order valence-corrected chi connectivity index (χ2v) is 7.96. The second-order valence-electron chi connectivity index (χ2n) is 5.13. The maximum atomic E-state index is 12.3. The van der Waals surface area contributed by atoms with Crippen molar-refractivity contribution in [1.82, 2.24) is 0 Å². The van der Waals surface area contributed by atoms with E-state index in [9.17, 15) is 13.2 Å². The Labute approximate surface area is 145 Å². The van der Waals surface area contributed by atoms with E-state index >= 15 is 0 Å². The highest BCUT2D eigenvalue weighted by atomic mass is 35.5. The van der Waals surface area contributed by atoms with E-state index in [1.807, 2.05) is 0 Å². The number of carbonyl (C=O) groups excluding carboxylic acids is 1. The fourth-order valence-corrected chi connectivity index (χ4v) is 4.48. The molecule has 1 aromatic carbocycles. The quantitative estimate of drug-likeness (QED) is 0.560.